The second kappa shape index (κ2) is 7.10. The van der Waals surface area contributed by atoms with Crippen LogP contribution in [0.4, 0.5) is 14.6 Å². The van der Waals surface area contributed by atoms with Crippen LogP contribution >= 0.6 is 0 Å². The molecule has 1 fully saturated rings. The van der Waals surface area contributed by atoms with Crippen molar-refractivity contribution < 1.29 is 13.6 Å². The maximum atomic E-state index is 13.3. The average molecular weight is 370 g/mol. The summed E-state index contributed by atoms with van der Waals surface area (Å²) in [4.78, 5) is 20.1. The Morgan fingerprint density at radius 3 is 2.30 bits per heavy atom. The molecule has 2 aromatic heterocycles. The smallest absolute Gasteiger partial charge is 0.254 e. The highest BCUT2D eigenvalue weighted by atomic mass is 19.2. The minimum absolute atomic E-state index is 0.145. The van der Waals surface area contributed by atoms with Crippen molar-refractivity contribution in [3.05, 3.63) is 66.3 Å². The number of piperazine rings is 1. The Kier molecular flexibility index (Phi) is 4.49. The number of hydrogen-bond acceptors (Lipinski definition) is 5. The molecule has 138 valence electrons. The number of amides is 1. The molecular weight excluding hydrogens is 354 g/mol. The van der Waals surface area contributed by atoms with Crippen LogP contribution in [-0.4, -0.2) is 56.7 Å². The Morgan fingerprint density at radius 1 is 0.926 bits per heavy atom. The Balaban J connectivity index is 1.39. The molecule has 27 heavy (non-hydrogen) atoms. The summed E-state index contributed by atoms with van der Waals surface area (Å²) >= 11 is 0. The molecule has 0 aliphatic carbocycles. The van der Waals surface area contributed by atoms with E-state index in [0.717, 1.165) is 18.0 Å². The van der Waals surface area contributed by atoms with E-state index in [9.17, 15) is 13.6 Å². The van der Waals surface area contributed by atoms with Gasteiger partial charge in [-0.25, -0.2) is 13.8 Å². The van der Waals surface area contributed by atoms with E-state index in [1.165, 1.54) is 6.07 Å². The second-order valence-electron chi connectivity index (χ2n) is 6.13. The molecule has 0 N–H and O–H groups in total. The molecule has 1 aliphatic rings. The van der Waals surface area contributed by atoms with Crippen molar-refractivity contribution in [2.24, 2.45) is 0 Å². The SMILES string of the molecule is O=C(c1ccc(F)c(F)c1)N1CCN(c2ccc(-n3ccnc3)nn2)CC1. The summed E-state index contributed by atoms with van der Waals surface area (Å²) in [5, 5.41) is 8.43. The van der Waals surface area contributed by atoms with Crippen LogP contribution in [0.3, 0.4) is 0 Å². The zero-order chi connectivity index (χ0) is 18.8. The van der Waals surface area contributed by atoms with Crippen LogP contribution in [0.15, 0.2) is 49.1 Å². The minimum atomic E-state index is -1.02. The fraction of sp³-hybridized carbons (Fsp3) is 0.222. The van der Waals surface area contributed by atoms with E-state index >= 15 is 0 Å². The number of nitrogens with zero attached hydrogens (tertiary/aromatic N) is 6. The number of halogens is 2. The molecule has 4 rings (SSSR count). The van der Waals surface area contributed by atoms with Crippen molar-refractivity contribution in [3.8, 4) is 5.82 Å². The van der Waals surface area contributed by atoms with Crippen LogP contribution in [0.1, 0.15) is 10.4 Å². The highest BCUT2D eigenvalue weighted by Gasteiger charge is 2.23. The molecule has 1 amide bonds. The van der Waals surface area contributed by atoms with Gasteiger partial charge in [0.1, 0.15) is 6.33 Å². The summed E-state index contributed by atoms with van der Waals surface area (Å²) < 4.78 is 28.1. The number of benzene rings is 1. The predicted octanol–water partition coefficient (Wildman–Crippen LogP) is 1.90. The van der Waals surface area contributed by atoms with Crippen LogP contribution in [0.2, 0.25) is 0 Å². The molecule has 1 aromatic carbocycles. The predicted molar refractivity (Wildman–Crippen MR) is 93.6 cm³/mol. The molecule has 0 radical (unpaired) electrons. The van der Waals surface area contributed by atoms with Gasteiger partial charge in [0.2, 0.25) is 0 Å². The summed E-state index contributed by atoms with van der Waals surface area (Å²) in [5.74, 6) is -0.904. The number of rotatable bonds is 3. The first-order valence-electron chi connectivity index (χ1n) is 8.43. The van der Waals surface area contributed by atoms with Gasteiger partial charge in [0, 0.05) is 44.1 Å². The Hall–Kier alpha value is -3.36. The Morgan fingerprint density at radius 2 is 1.67 bits per heavy atom. The van der Waals surface area contributed by atoms with Crippen LogP contribution in [0, 0.1) is 11.6 Å². The van der Waals surface area contributed by atoms with Gasteiger partial charge in [-0.15, -0.1) is 10.2 Å². The lowest BCUT2D eigenvalue weighted by molar-refractivity contribution is 0.0746. The third-order valence-corrected chi connectivity index (χ3v) is 4.46. The molecule has 0 saturated carbocycles. The number of hydrogen-bond donors (Lipinski definition) is 0. The fourth-order valence-electron chi connectivity index (χ4n) is 2.97. The highest BCUT2D eigenvalue weighted by molar-refractivity contribution is 5.94. The van der Waals surface area contributed by atoms with E-state index < -0.39 is 11.6 Å². The molecular formula is C18H16F2N6O. The topological polar surface area (TPSA) is 67.2 Å². The van der Waals surface area contributed by atoms with Crippen molar-refractivity contribution in [1.29, 1.82) is 0 Å². The van der Waals surface area contributed by atoms with Gasteiger partial charge in [-0.05, 0) is 30.3 Å². The zero-order valence-corrected chi connectivity index (χ0v) is 14.3. The van der Waals surface area contributed by atoms with Crippen molar-refractivity contribution in [3.63, 3.8) is 0 Å². The maximum Gasteiger partial charge on any atom is 0.254 e. The van der Waals surface area contributed by atoms with Crippen molar-refractivity contribution >= 4 is 11.7 Å². The summed E-state index contributed by atoms with van der Waals surface area (Å²) in [6.07, 6.45) is 5.09. The number of anilines is 1. The van der Waals surface area contributed by atoms with Crippen LogP contribution in [-0.2, 0) is 0 Å². The summed E-state index contributed by atoms with van der Waals surface area (Å²) in [7, 11) is 0. The summed E-state index contributed by atoms with van der Waals surface area (Å²) in [6, 6.07) is 6.92. The van der Waals surface area contributed by atoms with Gasteiger partial charge in [-0.1, -0.05) is 0 Å². The first kappa shape index (κ1) is 17.1. The van der Waals surface area contributed by atoms with E-state index in [1.807, 2.05) is 17.0 Å². The first-order chi connectivity index (χ1) is 13.1. The molecule has 0 unspecified atom stereocenters. The largest absolute Gasteiger partial charge is 0.352 e. The molecule has 7 nitrogen and oxygen atoms in total. The summed E-state index contributed by atoms with van der Waals surface area (Å²) in [6.45, 7) is 2.08. The minimum Gasteiger partial charge on any atom is -0.352 e. The number of imidazole rings is 1. The third-order valence-electron chi connectivity index (χ3n) is 4.46. The van der Waals surface area contributed by atoms with Gasteiger partial charge in [0.25, 0.3) is 5.91 Å². The van der Waals surface area contributed by atoms with Gasteiger partial charge < -0.3 is 9.80 Å². The van der Waals surface area contributed by atoms with Gasteiger partial charge in [-0.3, -0.25) is 9.36 Å². The van der Waals surface area contributed by atoms with Crippen molar-refractivity contribution in [2.45, 2.75) is 0 Å². The molecule has 3 heterocycles. The highest BCUT2D eigenvalue weighted by Crippen LogP contribution is 2.16. The number of carbonyl (C=O) groups excluding carboxylic acids is 1. The molecule has 1 saturated heterocycles. The first-order valence-corrected chi connectivity index (χ1v) is 8.43. The van der Waals surface area contributed by atoms with Gasteiger partial charge in [0.15, 0.2) is 23.3 Å². The lowest BCUT2D eigenvalue weighted by Gasteiger charge is -2.35. The standard InChI is InChI=1S/C18H16F2N6O/c19-14-2-1-13(11-15(14)20)18(27)25-9-7-24(8-10-25)16-3-4-17(23-22-16)26-6-5-21-12-26/h1-6,11-12H,7-10H2. The maximum absolute atomic E-state index is 13.3. The van der Waals surface area contributed by atoms with E-state index in [2.05, 4.69) is 15.2 Å². The summed E-state index contributed by atoms with van der Waals surface area (Å²) in [5.41, 5.74) is 0.145. The van der Waals surface area contributed by atoms with Crippen LogP contribution in [0.5, 0.6) is 0 Å². The molecule has 0 bridgehead atoms. The fourth-order valence-corrected chi connectivity index (χ4v) is 2.97. The Labute approximate surface area is 153 Å². The van der Waals surface area contributed by atoms with E-state index in [4.69, 9.17) is 0 Å². The van der Waals surface area contributed by atoms with Gasteiger partial charge in [-0.2, -0.15) is 0 Å². The molecule has 3 aromatic rings. The normalized spacial score (nSPS) is 14.4. The monoisotopic (exact) mass is 370 g/mol. The molecule has 0 atom stereocenters. The van der Waals surface area contributed by atoms with Crippen LogP contribution < -0.4 is 4.90 Å². The van der Waals surface area contributed by atoms with Gasteiger partial charge in [0.05, 0.1) is 0 Å². The lowest BCUT2D eigenvalue weighted by atomic mass is 10.1. The van der Waals surface area contributed by atoms with Crippen molar-refractivity contribution in [1.82, 2.24) is 24.6 Å². The number of aromatic nitrogens is 4. The average Bonchev–Trinajstić information content (AvgIpc) is 3.25. The Bertz CT molecular complexity index is 937. The van der Waals surface area contributed by atoms with E-state index in [1.54, 1.807) is 28.2 Å². The molecule has 1 aliphatic heterocycles. The third kappa shape index (κ3) is 3.48. The molecule has 9 heteroatoms. The second-order valence-corrected chi connectivity index (χ2v) is 6.13. The van der Waals surface area contributed by atoms with Gasteiger partial charge >= 0.3 is 0 Å². The lowest BCUT2D eigenvalue weighted by Crippen LogP contribution is -2.49. The van der Waals surface area contributed by atoms with E-state index in [0.29, 0.717) is 32.0 Å². The zero-order valence-electron chi connectivity index (χ0n) is 14.3. The van der Waals surface area contributed by atoms with E-state index in [-0.39, 0.29) is 11.5 Å². The molecule has 0 spiro atoms. The number of carbonyl (C=O) groups is 1. The quantitative estimate of drug-likeness (QED) is 0.705. The van der Waals surface area contributed by atoms with Crippen LogP contribution in [0.25, 0.3) is 5.82 Å². The van der Waals surface area contributed by atoms with Crippen molar-refractivity contribution in [2.75, 3.05) is 31.1 Å².